The number of nitrogens with zero attached hydrogens (tertiary/aromatic N) is 1. The molecule has 1 aliphatic heterocycles. The molecule has 13 heavy (non-hydrogen) atoms. The van der Waals surface area contributed by atoms with Gasteiger partial charge in [0.15, 0.2) is 0 Å². The van der Waals surface area contributed by atoms with E-state index in [9.17, 15) is 14.3 Å². The molecule has 1 amide bonds. The van der Waals surface area contributed by atoms with Gasteiger partial charge in [-0.1, -0.05) is 0 Å². The molecule has 0 bridgehead atoms. The second kappa shape index (κ2) is 4.02. The fraction of sp³-hybridized carbons (Fsp3) is 0.875. The maximum atomic E-state index is 12.4. The van der Waals surface area contributed by atoms with Gasteiger partial charge in [-0.2, -0.15) is 0 Å². The summed E-state index contributed by atoms with van der Waals surface area (Å²) in [5, 5.41) is 9.20. The maximum Gasteiger partial charge on any atom is 0.229 e. The van der Waals surface area contributed by atoms with E-state index >= 15 is 0 Å². The Morgan fingerprint density at radius 2 is 2.31 bits per heavy atom. The lowest BCUT2D eigenvalue weighted by Gasteiger charge is -2.37. The van der Waals surface area contributed by atoms with E-state index in [0.29, 0.717) is 0 Å². The highest BCUT2D eigenvalue weighted by Crippen LogP contribution is 2.16. The van der Waals surface area contributed by atoms with Crippen LogP contribution in [-0.2, 0) is 4.79 Å². The van der Waals surface area contributed by atoms with E-state index in [2.05, 4.69) is 0 Å². The summed E-state index contributed by atoms with van der Waals surface area (Å²) in [5.41, 5.74) is 5.32. The average Bonchev–Trinajstić information content (AvgIpc) is 1.99. The van der Waals surface area contributed by atoms with Gasteiger partial charge in [-0.25, -0.2) is 4.39 Å². The molecule has 0 aromatic heterocycles. The summed E-state index contributed by atoms with van der Waals surface area (Å²) in [6, 6.07) is 0. The topological polar surface area (TPSA) is 66.6 Å². The fourth-order valence-electron chi connectivity index (χ4n) is 1.34. The third-order valence-corrected chi connectivity index (χ3v) is 2.30. The van der Waals surface area contributed by atoms with Crippen molar-refractivity contribution < 1.29 is 14.3 Å². The number of hydrogen-bond acceptors (Lipinski definition) is 3. The molecule has 1 saturated heterocycles. The zero-order valence-electron chi connectivity index (χ0n) is 7.61. The Hall–Kier alpha value is -0.680. The highest BCUT2D eigenvalue weighted by Gasteiger charge is 2.35. The maximum absolute atomic E-state index is 12.4. The lowest BCUT2D eigenvalue weighted by atomic mass is 10.00. The summed E-state index contributed by atoms with van der Waals surface area (Å²) in [4.78, 5) is 12.8. The Kier molecular flexibility index (Phi) is 3.22. The van der Waals surface area contributed by atoms with E-state index in [1.54, 1.807) is 0 Å². The number of nitrogens with two attached hydrogens (primary N) is 1. The third-order valence-electron chi connectivity index (χ3n) is 2.30. The van der Waals surface area contributed by atoms with E-state index in [4.69, 9.17) is 5.73 Å². The van der Waals surface area contributed by atoms with Crippen LogP contribution >= 0.6 is 0 Å². The molecular formula is C8H15FN2O2. The highest BCUT2D eigenvalue weighted by atomic mass is 19.1. The number of carbonyl (C=O) groups is 1. The fourth-order valence-corrected chi connectivity index (χ4v) is 1.34. The SMILES string of the molecule is C[C@@H](O)C(CN)C(=O)N1CC(F)C1. The largest absolute Gasteiger partial charge is 0.393 e. The van der Waals surface area contributed by atoms with E-state index < -0.39 is 18.2 Å². The van der Waals surface area contributed by atoms with Crippen LogP contribution in [0.5, 0.6) is 0 Å². The molecule has 0 spiro atoms. The monoisotopic (exact) mass is 190 g/mol. The predicted molar refractivity (Wildman–Crippen MR) is 45.7 cm³/mol. The van der Waals surface area contributed by atoms with Crippen molar-refractivity contribution in [3.8, 4) is 0 Å². The van der Waals surface area contributed by atoms with Crippen molar-refractivity contribution in [3.63, 3.8) is 0 Å². The Bertz CT molecular complexity index is 193. The minimum atomic E-state index is -0.906. The number of rotatable bonds is 3. The van der Waals surface area contributed by atoms with Gasteiger partial charge in [0.2, 0.25) is 5.91 Å². The van der Waals surface area contributed by atoms with Crippen LogP contribution in [0.3, 0.4) is 0 Å². The molecule has 5 heteroatoms. The van der Waals surface area contributed by atoms with Gasteiger partial charge >= 0.3 is 0 Å². The van der Waals surface area contributed by atoms with Gasteiger partial charge in [-0.05, 0) is 6.92 Å². The first kappa shape index (κ1) is 10.4. The van der Waals surface area contributed by atoms with E-state index in [-0.39, 0.29) is 25.5 Å². The number of hydrogen-bond donors (Lipinski definition) is 2. The van der Waals surface area contributed by atoms with Gasteiger partial charge in [0, 0.05) is 6.54 Å². The molecule has 1 rings (SSSR count). The minimum absolute atomic E-state index is 0.101. The second-order valence-electron chi connectivity index (χ2n) is 3.42. The van der Waals surface area contributed by atoms with Gasteiger partial charge in [-0.15, -0.1) is 0 Å². The predicted octanol–water partition coefficient (Wildman–Crippen LogP) is -0.878. The van der Waals surface area contributed by atoms with Crippen LogP contribution < -0.4 is 5.73 Å². The average molecular weight is 190 g/mol. The Balaban J connectivity index is 2.45. The molecule has 1 fully saturated rings. The summed E-state index contributed by atoms with van der Waals surface area (Å²) in [7, 11) is 0. The van der Waals surface area contributed by atoms with Gasteiger partial charge in [-0.3, -0.25) is 4.79 Å². The first-order chi connectivity index (χ1) is 6.06. The van der Waals surface area contributed by atoms with Crippen molar-refractivity contribution in [1.29, 1.82) is 0 Å². The highest BCUT2D eigenvalue weighted by molar-refractivity contribution is 5.80. The van der Waals surface area contributed by atoms with Crippen molar-refractivity contribution in [1.82, 2.24) is 4.90 Å². The van der Waals surface area contributed by atoms with Crippen LogP contribution in [0.2, 0.25) is 0 Å². The second-order valence-corrected chi connectivity index (χ2v) is 3.42. The first-order valence-electron chi connectivity index (χ1n) is 4.37. The molecule has 1 unspecified atom stereocenters. The Morgan fingerprint density at radius 3 is 2.62 bits per heavy atom. The van der Waals surface area contributed by atoms with Gasteiger partial charge in [0.25, 0.3) is 0 Å². The van der Waals surface area contributed by atoms with E-state index in [1.807, 2.05) is 0 Å². The summed E-state index contributed by atoms with van der Waals surface area (Å²) in [5.74, 6) is -0.834. The minimum Gasteiger partial charge on any atom is -0.393 e. The number of aliphatic hydroxyl groups is 1. The van der Waals surface area contributed by atoms with Gasteiger partial charge < -0.3 is 15.7 Å². The van der Waals surface area contributed by atoms with Crippen molar-refractivity contribution >= 4 is 5.91 Å². The first-order valence-corrected chi connectivity index (χ1v) is 4.37. The van der Waals surface area contributed by atoms with Crippen LogP contribution in [-0.4, -0.2) is 47.8 Å². The summed E-state index contributed by atoms with van der Waals surface area (Å²) in [6.07, 6.45) is -1.67. The number of carbonyl (C=O) groups excluding carboxylic acids is 1. The molecule has 0 saturated carbocycles. The molecule has 3 N–H and O–H groups in total. The molecule has 0 aliphatic carbocycles. The van der Waals surface area contributed by atoms with Crippen LogP contribution in [0.15, 0.2) is 0 Å². The molecule has 0 aromatic rings. The van der Waals surface area contributed by atoms with Gasteiger partial charge in [0.1, 0.15) is 6.17 Å². The Labute approximate surface area is 76.5 Å². The molecule has 4 nitrogen and oxygen atoms in total. The van der Waals surface area contributed by atoms with Crippen molar-refractivity contribution in [2.75, 3.05) is 19.6 Å². The smallest absolute Gasteiger partial charge is 0.229 e. The normalized spacial score (nSPS) is 22.3. The lowest BCUT2D eigenvalue weighted by molar-refractivity contribution is -0.145. The number of amides is 1. The number of likely N-dealkylation sites (tertiary alicyclic amines) is 1. The molecule has 0 radical (unpaired) electrons. The molecule has 1 aliphatic rings. The van der Waals surface area contributed by atoms with Crippen molar-refractivity contribution in [2.45, 2.75) is 19.2 Å². The number of halogens is 1. The quantitative estimate of drug-likeness (QED) is 0.607. The summed E-state index contributed by atoms with van der Waals surface area (Å²) >= 11 is 0. The Morgan fingerprint density at radius 1 is 1.77 bits per heavy atom. The standard InChI is InChI=1S/C8H15FN2O2/c1-5(12)7(2-10)8(13)11-3-6(9)4-11/h5-7,12H,2-4,10H2,1H3/t5-,7?/m1/s1. The van der Waals surface area contributed by atoms with E-state index in [0.717, 1.165) is 0 Å². The summed E-state index contributed by atoms with van der Waals surface area (Å²) < 4.78 is 12.4. The van der Waals surface area contributed by atoms with Gasteiger partial charge in [0.05, 0.1) is 25.1 Å². The molecular weight excluding hydrogens is 175 g/mol. The molecule has 76 valence electrons. The van der Waals surface area contributed by atoms with Crippen LogP contribution in [0, 0.1) is 5.92 Å². The zero-order chi connectivity index (χ0) is 10.0. The van der Waals surface area contributed by atoms with E-state index in [1.165, 1.54) is 11.8 Å². The number of aliphatic hydroxyl groups excluding tert-OH is 1. The molecule has 0 aromatic carbocycles. The lowest BCUT2D eigenvalue weighted by Crippen LogP contribution is -2.55. The number of alkyl halides is 1. The van der Waals surface area contributed by atoms with Crippen LogP contribution in [0.1, 0.15) is 6.92 Å². The third kappa shape index (κ3) is 2.16. The van der Waals surface area contributed by atoms with Crippen LogP contribution in [0.25, 0.3) is 0 Å². The van der Waals surface area contributed by atoms with Crippen molar-refractivity contribution in [3.05, 3.63) is 0 Å². The summed E-state index contributed by atoms with van der Waals surface area (Å²) in [6.45, 7) is 1.90. The van der Waals surface area contributed by atoms with Crippen molar-refractivity contribution in [2.24, 2.45) is 11.7 Å². The molecule has 2 atom stereocenters. The molecule has 1 heterocycles. The zero-order valence-corrected chi connectivity index (χ0v) is 7.61. The van der Waals surface area contributed by atoms with Crippen LogP contribution in [0.4, 0.5) is 4.39 Å².